The molecule has 0 fully saturated rings. The van der Waals surface area contributed by atoms with E-state index in [1.807, 2.05) is 43.3 Å². The highest BCUT2D eigenvalue weighted by Gasteiger charge is 2.40. The fourth-order valence-electron chi connectivity index (χ4n) is 4.66. The van der Waals surface area contributed by atoms with Gasteiger partial charge in [0.2, 0.25) is 17.7 Å². The normalized spacial score (nSPS) is 13.6. The third-order valence-corrected chi connectivity index (χ3v) is 6.38. The quantitative estimate of drug-likeness (QED) is 0.300. The third-order valence-electron chi connectivity index (χ3n) is 6.38. The second-order valence-electron chi connectivity index (χ2n) is 13.3. The van der Waals surface area contributed by atoms with Crippen LogP contribution < -0.4 is 16.4 Å². The van der Waals surface area contributed by atoms with Gasteiger partial charge in [0.25, 0.3) is 0 Å². The van der Waals surface area contributed by atoms with Gasteiger partial charge in [-0.15, -0.1) is 0 Å². The van der Waals surface area contributed by atoms with Gasteiger partial charge in [0.15, 0.2) is 0 Å². The van der Waals surface area contributed by atoms with Gasteiger partial charge in [-0.2, -0.15) is 0 Å². The Morgan fingerprint density at radius 1 is 0.822 bits per heavy atom. The highest BCUT2D eigenvalue weighted by atomic mass is 16.6. The average Bonchev–Trinajstić information content (AvgIpc) is 2.88. The fraction of sp³-hybridized carbons (Fsp3) is 0.500. The molecule has 0 radical (unpaired) electrons. The molecule has 0 heterocycles. The van der Waals surface area contributed by atoms with Gasteiger partial charge in [-0.1, -0.05) is 60.2 Å². The number of hydrogen-bond donors (Lipinski definition) is 3. The van der Waals surface area contributed by atoms with Crippen molar-refractivity contribution >= 4 is 29.8 Å². The van der Waals surface area contributed by atoms with Crippen molar-refractivity contribution < 1.29 is 33.4 Å². The summed E-state index contributed by atoms with van der Waals surface area (Å²) in [4.78, 5) is 67.9. The molecule has 246 valence electrons. The third kappa shape index (κ3) is 12.2. The molecule has 0 aliphatic carbocycles. The predicted octanol–water partition coefficient (Wildman–Crippen LogP) is 4.11. The Morgan fingerprint density at radius 3 is 1.93 bits per heavy atom. The molecule has 0 spiro atoms. The van der Waals surface area contributed by atoms with Crippen LogP contribution >= 0.6 is 0 Å². The smallest absolute Gasteiger partial charge is 0.408 e. The standard InChI is InChI=1S/C34H48N4O7/c1-21(2)38(30(41)25(20-27(35)39)37-32(43)45-34(7,8)9)28(24-17-13-14-22(3)18-24)29(40)36-26(31(42)44-33(4,5)6)19-23-15-11-10-12-16-23/h10-18,21,25-26,28H,19-20H2,1-9H3,(H2,35,39)(H,36,40)(H,37,43). The highest BCUT2D eigenvalue weighted by Crippen LogP contribution is 2.27. The molecule has 0 aliphatic heterocycles. The maximum Gasteiger partial charge on any atom is 0.408 e. The summed E-state index contributed by atoms with van der Waals surface area (Å²) in [5, 5.41) is 5.29. The van der Waals surface area contributed by atoms with Crippen LogP contribution in [-0.2, 0) is 35.1 Å². The van der Waals surface area contributed by atoms with Crippen molar-refractivity contribution in [2.75, 3.05) is 0 Å². The van der Waals surface area contributed by atoms with Crippen molar-refractivity contribution in [3.8, 4) is 0 Å². The van der Waals surface area contributed by atoms with Crippen molar-refractivity contribution in [3.63, 3.8) is 0 Å². The SMILES string of the molecule is Cc1cccc(C(C(=O)NC(Cc2ccccc2)C(=O)OC(C)(C)C)N(C(=O)C(CC(N)=O)NC(=O)OC(C)(C)C)C(C)C)c1. The number of hydrogen-bond acceptors (Lipinski definition) is 7. The van der Waals surface area contributed by atoms with Crippen molar-refractivity contribution in [2.24, 2.45) is 5.73 Å². The summed E-state index contributed by atoms with van der Waals surface area (Å²) in [6.45, 7) is 15.4. The molecule has 0 aromatic heterocycles. The van der Waals surface area contributed by atoms with Gasteiger partial charge in [-0.25, -0.2) is 9.59 Å². The first-order chi connectivity index (χ1) is 20.8. The number of esters is 1. The number of carbonyl (C=O) groups is 5. The first-order valence-corrected chi connectivity index (χ1v) is 15.0. The van der Waals surface area contributed by atoms with E-state index in [4.69, 9.17) is 15.2 Å². The lowest BCUT2D eigenvalue weighted by Crippen LogP contribution is -2.57. The Balaban J connectivity index is 2.60. The second-order valence-corrected chi connectivity index (χ2v) is 13.3. The number of aryl methyl sites for hydroxylation is 1. The molecule has 0 aliphatic rings. The van der Waals surface area contributed by atoms with Crippen LogP contribution in [0.5, 0.6) is 0 Å². The zero-order chi connectivity index (χ0) is 34.1. The molecular weight excluding hydrogens is 576 g/mol. The first-order valence-electron chi connectivity index (χ1n) is 15.0. The zero-order valence-corrected chi connectivity index (χ0v) is 27.8. The number of nitrogens with two attached hydrogens (primary N) is 1. The van der Waals surface area contributed by atoms with E-state index in [1.165, 1.54) is 4.90 Å². The van der Waals surface area contributed by atoms with Crippen LogP contribution in [0.3, 0.4) is 0 Å². The van der Waals surface area contributed by atoms with Crippen LogP contribution in [0.2, 0.25) is 0 Å². The Labute approximate surface area is 266 Å². The molecule has 3 unspecified atom stereocenters. The number of alkyl carbamates (subject to hydrolysis) is 1. The Kier molecular flexibility index (Phi) is 12.7. The molecule has 3 atom stereocenters. The minimum Gasteiger partial charge on any atom is -0.458 e. The zero-order valence-electron chi connectivity index (χ0n) is 27.8. The lowest BCUT2D eigenvalue weighted by molar-refractivity contribution is -0.159. The molecule has 0 saturated carbocycles. The first kappa shape index (κ1) is 36.8. The number of rotatable bonds is 12. The molecule has 0 bridgehead atoms. The topological polar surface area (TPSA) is 157 Å². The summed E-state index contributed by atoms with van der Waals surface area (Å²) in [5.74, 6) is -2.85. The Morgan fingerprint density at radius 2 is 1.42 bits per heavy atom. The second kappa shape index (κ2) is 15.5. The summed E-state index contributed by atoms with van der Waals surface area (Å²) in [6.07, 6.45) is -1.31. The van der Waals surface area contributed by atoms with Crippen LogP contribution in [0.15, 0.2) is 54.6 Å². The van der Waals surface area contributed by atoms with E-state index in [0.29, 0.717) is 5.56 Å². The molecule has 2 rings (SSSR count). The van der Waals surface area contributed by atoms with E-state index in [2.05, 4.69) is 10.6 Å². The molecule has 4 N–H and O–H groups in total. The number of ether oxygens (including phenoxy) is 2. The maximum absolute atomic E-state index is 14.3. The molecule has 45 heavy (non-hydrogen) atoms. The van der Waals surface area contributed by atoms with Crippen LogP contribution in [-0.4, -0.2) is 64.0 Å². The van der Waals surface area contributed by atoms with Gasteiger partial charge >= 0.3 is 12.1 Å². The predicted molar refractivity (Wildman–Crippen MR) is 171 cm³/mol. The molecule has 11 nitrogen and oxygen atoms in total. The van der Waals surface area contributed by atoms with Gasteiger partial charge in [-0.05, 0) is 73.4 Å². The van der Waals surface area contributed by atoms with Gasteiger partial charge < -0.3 is 30.7 Å². The van der Waals surface area contributed by atoms with Gasteiger partial charge in [0, 0.05) is 12.5 Å². The minimum absolute atomic E-state index is 0.141. The van der Waals surface area contributed by atoms with Crippen molar-refractivity contribution in [3.05, 3.63) is 71.3 Å². The molecule has 2 aromatic rings. The average molecular weight is 625 g/mol. The number of primary amides is 1. The van der Waals surface area contributed by atoms with E-state index >= 15 is 0 Å². The van der Waals surface area contributed by atoms with Crippen molar-refractivity contribution in [1.82, 2.24) is 15.5 Å². The van der Waals surface area contributed by atoms with Crippen LogP contribution in [0, 0.1) is 6.92 Å². The van der Waals surface area contributed by atoms with E-state index in [-0.39, 0.29) is 6.42 Å². The summed E-state index contributed by atoms with van der Waals surface area (Å²) < 4.78 is 11.0. The minimum atomic E-state index is -1.43. The van der Waals surface area contributed by atoms with E-state index in [9.17, 15) is 24.0 Å². The number of nitrogens with zero attached hydrogens (tertiary/aromatic N) is 1. The lowest BCUT2D eigenvalue weighted by atomic mass is 9.98. The molecule has 0 saturated heterocycles. The van der Waals surface area contributed by atoms with E-state index in [1.54, 1.807) is 73.6 Å². The highest BCUT2D eigenvalue weighted by molar-refractivity contribution is 5.95. The Hall–Kier alpha value is -4.41. The van der Waals surface area contributed by atoms with Crippen molar-refractivity contribution in [2.45, 2.75) is 111 Å². The Bertz CT molecular complexity index is 1350. The van der Waals surface area contributed by atoms with Gasteiger partial charge in [0.05, 0.1) is 6.42 Å². The molecule has 11 heteroatoms. The molecule has 4 amide bonds. The van der Waals surface area contributed by atoms with Gasteiger partial charge in [0.1, 0.15) is 29.3 Å². The summed E-state index contributed by atoms with van der Waals surface area (Å²) >= 11 is 0. The lowest BCUT2D eigenvalue weighted by Gasteiger charge is -2.37. The molecule has 2 aromatic carbocycles. The summed E-state index contributed by atoms with van der Waals surface area (Å²) in [7, 11) is 0. The number of carbonyl (C=O) groups excluding carboxylic acids is 5. The monoisotopic (exact) mass is 624 g/mol. The maximum atomic E-state index is 14.3. The summed E-state index contributed by atoms with van der Waals surface area (Å²) in [5.41, 5.74) is 5.86. The van der Waals surface area contributed by atoms with Gasteiger partial charge in [-0.3, -0.25) is 14.4 Å². The number of amides is 4. The van der Waals surface area contributed by atoms with Crippen LogP contribution in [0.25, 0.3) is 0 Å². The van der Waals surface area contributed by atoms with Crippen molar-refractivity contribution in [1.29, 1.82) is 0 Å². The van der Waals surface area contributed by atoms with Crippen LogP contribution in [0.4, 0.5) is 4.79 Å². The fourth-order valence-corrected chi connectivity index (χ4v) is 4.66. The number of nitrogens with one attached hydrogen (secondary N) is 2. The number of benzene rings is 2. The molecular formula is C34H48N4O7. The van der Waals surface area contributed by atoms with Crippen LogP contribution in [0.1, 0.15) is 84.5 Å². The largest absolute Gasteiger partial charge is 0.458 e. The summed E-state index contributed by atoms with van der Waals surface area (Å²) in [6, 6.07) is 11.9. The van der Waals surface area contributed by atoms with E-state index < -0.39 is 71.6 Å². The van der Waals surface area contributed by atoms with E-state index in [0.717, 1.165) is 11.1 Å².